The Hall–Kier alpha value is 0.952. The molecule has 0 rings (SSSR count). The van der Waals surface area contributed by atoms with Gasteiger partial charge >= 0.3 is 37.4 Å². The van der Waals surface area contributed by atoms with Crippen LogP contribution in [0, 0.1) is 0 Å². The molecule has 0 unspecified atom stereocenters. The van der Waals surface area contributed by atoms with Gasteiger partial charge in [-0.15, -0.1) is 12.4 Å². The van der Waals surface area contributed by atoms with Crippen LogP contribution in [-0.4, -0.2) is 0 Å². The second-order valence-corrected chi connectivity index (χ2v) is 1.44. The maximum atomic E-state index is 3.03. The first-order valence-electron chi connectivity index (χ1n) is 1.43. The van der Waals surface area contributed by atoms with E-state index in [1.807, 2.05) is 0 Å². The molecule has 37 valence electrons. The summed E-state index contributed by atoms with van der Waals surface area (Å²) >= 11 is 3.03. The Bertz CT molecular complexity index is 8.85. The molecular formula is C3H8ClPd. The van der Waals surface area contributed by atoms with Crippen LogP contribution in [0.4, 0.5) is 0 Å². The van der Waals surface area contributed by atoms with Crippen LogP contribution in [0.25, 0.3) is 0 Å². The number of hydrogen-bond acceptors (Lipinski definition) is 0. The molecule has 0 aromatic heterocycles. The summed E-state index contributed by atoms with van der Waals surface area (Å²) < 4.78 is 0. The Morgan fingerprint density at radius 3 is 1.80 bits per heavy atom. The van der Waals surface area contributed by atoms with Gasteiger partial charge in [0.15, 0.2) is 0 Å². The zero-order chi connectivity index (χ0) is 3.41. The average Bonchev–Trinajstić information content (AvgIpc) is 1.37. The minimum atomic E-state index is 0. The Balaban J connectivity index is 0. The largest absolute Gasteiger partial charge is 0.147 e. The number of halogens is 1. The smallest absolute Gasteiger partial charge is 0.147 e. The van der Waals surface area contributed by atoms with Crippen LogP contribution in [0.15, 0.2) is 0 Å². The van der Waals surface area contributed by atoms with Crippen LogP contribution in [0.3, 0.4) is 0 Å². The second-order valence-electron chi connectivity index (χ2n) is 0.658. The molecule has 0 bridgehead atoms. The fraction of sp³-hybridized carbons (Fsp3) is 1.00. The quantitative estimate of drug-likeness (QED) is 0.547. The van der Waals surface area contributed by atoms with Crippen LogP contribution in [0.1, 0.15) is 13.3 Å². The minimum Gasteiger partial charge on any atom is -0.147 e. The van der Waals surface area contributed by atoms with Gasteiger partial charge in [0.1, 0.15) is 0 Å². The molecule has 0 amide bonds. The first-order valence-corrected chi connectivity index (χ1v) is 2.53. The van der Waals surface area contributed by atoms with E-state index in [1.165, 1.54) is 11.3 Å². The van der Waals surface area contributed by atoms with E-state index >= 15 is 0 Å². The van der Waals surface area contributed by atoms with Crippen LogP contribution in [0.5, 0.6) is 0 Å². The van der Waals surface area contributed by atoms with Crippen molar-refractivity contribution in [3.8, 4) is 0 Å². The van der Waals surface area contributed by atoms with E-state index < -0.39 is 0 Å². The summed E-state index contributed by atoms with van der Waals surface area (Å²) in [6.07, 6.45) is 1.25. The predicted octanol–water partition coefficient (Wildman–Crippen LogP) is 1.78. The third-order valence-corrected chi connectivity index (χ3v) is 0.935. The Morgan fingerprint density at radius 1 is 1.60 bits per heavy atom. The van der Waals surface area contributed by atoms with Crippen molar-refractivity contribution in [2.24, 2.45) is 0 Å². The Morgan fingerprint density at radius 2 is 1.80 bits per heavy atom. The summed E-state index contributed by atoms with van der Waals surface area (Å²) in [7, 11) is 0. The van der Waals surface area contributed by atoms with Gasteiger partial charge in [-0.2, -0.15) is 0 Å². The molecular weight excluding hydrogens is 178 g/mol. The summed E-state index contributed by atoms with van der Waals surface area (Å²) in [5.41, 5.74) is 0. The Kier molecular flexibility index (Phi) is 16.6. The third-order valence-electron chi connectivity index (χ3n) is 0.158. The van der Waals surface area contributed by atoms with E-state index in [0.29, 0.717) is 0 Å². The van der Waals surface area contributed by atoms with Crippen LogP contribution in [-0.2, 0) is 19.2 Å². The van der Waals surface area contributed by atoms with Crippen molar-refractivity contribution in [3.05, 3.63) is 0 Å². The minimum absolute atomic E-state index is 0. The molecule has 0 fully saturated rings. The molecule has 0 aliphatic heterocycles. The molecule has 5 heavy (non-hydrogen) atoms. The topological polar surface area (TPSA) is 0 Å². The van der Waals surface area contributed by atoms with E-state index in [4.69, 9.17) is 0 Å². The van der Waals surface area contributed by atoms with Gasteiger partial charge in [0, 0.05) is 0 Å². The van der Waals surface area contributed by atoms with Gasteiger partial charge in [-0.1, -0.05) is 0 Å². The molecule has 0 aromatic carbocycles. The molecule has 0 radical (unpaired) electrons. The van der Waals surface area contributed by atoms with Crippen molar-refractivity contribution in [3.63, 3.8) is 0 Å². The molecule has 0 aliphatic rings. The number of rotatable bonds is 1. The SMILES string of the molecule is CC[CH2][Pd].Cl. The van der Waals surface area contributed by atoms with E-state index in [2.05, 4.69) is 26.1 Å². The molecule has 0 nitrogen and oxygen atoms in total. The first kappa shape index (κ1) is 9.35. The molecule has 0 saturated heterocycles. The predicted molar refractivity (Wildman–Crippen MR) is 22.3 cm³/mol. The van der Waals surface area contributed by atoms with Crippen molar-refractivity contribution >= 4 is 12.4 Å². The van der Waals surface area contributed by atoms with Gasteiger partial charge in [0.25, 0.3) is 0 Å². The second kappa shape index (κ2) is 8.88. The zero-order valence-corrected chi connectivity index (χ0v) is 5.51. The first-order chi connectivity index (χ1) is 1.91. The van der Waals surface area contributed by atoms with Crippen molar-refractivity contribution < 1.29 is 19.2 Å². The molecule has 0 atom stereocenters. The van der Waals surface area contributed by atoms with Crippen molar-refractivity contribution in [2.75, 3.05) is 0 Å². The third kappa shape index (κ3) is 11.3. The van der Waals surface area contributed by atoms with Crippen LogP contribution < -0.4 is 0 Å². The van der Waals surface area contributed by atoms with E-state index in [9.17, 15) is 0 Å². The summed E-state index contributed by atoms with van der Waals surface area (Å²) in [5, 5.41) is 0. The van der Waals surface area contributed by atoms with Crippen LogP contribution in [0.2, 0.25) is 4.89 Å². The summed E-state index contributed by atoms with van der Waals surface area (Å²) in [5.74, 6) is 0. The van der Waals surface area contributed by atoms with Gasteiger partial charge in [-0.05, 0) is 0 Å². The fourth-order valence-corrected chi connectivity index (χ4v) is 0. The average molecular weight is 186 g/mol. The van der Waals surface area contributed by atoms with Gasteiger partial charge in [-0.3, -0.25) is 0 Å². The maximum absolute atomic E-state index is 3.03. The molecule has 0 aromatic rings. The van der Waals surface area contributed by atoms with Gasteiger partial charge < -0.3 is 0 Å². The fourth-order valence-electron chi connectivity index (χ4n) is 0. The molecule has 0 aliphatic carbocycles. The van der Waals surface area contributed by atoms with Crippen molar-refractivity contribution in [1.82, 2.24) is 0 Å². The Labute approximate surface area is 50.2 Å². The van der Waals surface area contributed by atoms with Crippen molar-refractivity contribution in [1.29, 1.82) is 0 Å². The van der Waals surface area contributed by atoms with E-state index in [1.54, 1.807) is 0 Å². The monoisotopic (exact) mass is 185 g/mol. The zero-order valence-electron chi connectivity index (χ0n) is 3.14. The standard InChI is InChI=1S/C3H7.ClH.Pd/c1-3-2;;/h1,3H2,2H3;1H;. The summed E-state index contributed by atoms with van der Waals surface area (Å²) in [4.78, 5) is 1.17. The molecule has 0 spiro atoms. The maximum Gasteiger partial charge on any atom is -0.147 e. The summed E-state index contributed by atoms with van der Waals surface area (Å²) in [6.45, 7) is 2.14. The van der Waals surface area contributed by atoms with E-state index in [-0.39, 0.29) is 12.4 Å². The van der Waals surface area contributed by atoms with Gasteiger partial charge in [-0.25, -0.2) is 0 Å². The molecule has 0 saturated carbocycles. The van der Waals surface area contributed by atoms with Gasteiger partial charge in [0.05, 0.1) is 0 Å². The van der Waals surface area contributed by atoms with Crippen molar-refractivity contribution in [2.45, 2.75) is 18.2 Å². The summed E-state index contributed by atoms with van der Waals surface area (Å²) in [6, 6.07) is 0. The van der Waals surface area contributed by atoms with E-state index in [0.717, 1.165) is 0 Å². The molecule has 0 N–H and O–H groups in total. The van der Waals surface area contributed by atoms with Gasteiger partial charge in [0.2, 0.25) is 0 Å². The van der Waals surface area contributed by atoms with Crippen LogP contribution >= 0.6 is 12.4 Å². The number of hydrogen-bond donors (Lipinski definition) is 0. The normalized spacial score (nSPS) is 6.20. The molecule has 0 heterocycles. The molecule has 2 heteroatoms.